The Hall–Kier alpha value is -4.24. The molecule has 4 aromatic rings. The number of benzene rings is 3. The average Bonchev–Trinajstić information content (AvgIpc) is 3.38. The number of carbonyl (C=O) groups excluding carboxylic acids is 1. The second-order valence-electron chi connectivity index (χ2n) is 10.3. The third-order valence-electron chi connectivity index (χ3n) is 6.88. The number of nitrogens with zero attached hydrogens (tertiary/aromatic N) is 3. The predicted octanol–water partition coefficient (Wildman–Crippen LogP) is 7.30. The van der Waals surface area contributed by atoms with Gasteiger partial charge in [0.05, 0.1) is 12.2 Å². The van der Waals surface area contributed by atoms with Gasteiger partial charge in [-0.15, -0.1) is 5.10 Å². The zero-order valence-corrected chi connectivity index (χ0v) is 25.5. The summed E-state index contributed by atoms with van der Waals surface area (Å²) in [5, 5.41) is 11.9. The number of hydrogen-bond donors (Lipinski definition) is 2. The van der Waals surface area contributed by atoms with Crippen molar-refractivity contribution in [2.75, 3.05) is 23.0 Å². The highest BCUT2D eigenvalue weighted by molar-refractivity contribution is 7.99. The molecule has 1 atom stereocenters. The summed E-state index contributed by atoms with van der Waals surface area (Å²) in [5.74, 6) is 2.54. The lowest BCUT2D eigenvalue weighted by molar-refractivity contribution is -0.113. The minimum Gasteiger partial charge on any atom is -0.490 e. The van der Waals surface area contributed by atoms with Crippen LogP contribution in [0.25, 0.3) is 0 Å². The monoisotopic (exact) mass is 583 g/mol. The van der Waals surface area contributed by atoms with E-state index in [1.807, 2.05) is 75.4 Å². The molecule has 0 bridgehead atoms. The Morgan fingerprint density at radius 2 is 1.79 bits per heavy atom. The first-order chi connectivity index (χ1) is 20.4. The van der Waals surface area contributed by atoms with Crippen molar-refractivity contribution >= 4 is 29.3 Å². The van der Waals surface area contributed by atoms with E-state index in [-0.39, 0.29) is 5.91 Å². The van der Waals surface area contributed by atoms with Gasteiger partial charge in [-0.05, 0) is 69.5 Å². The summed E-state index contributed by atoms with van der Waals surface area (Å²) in [4.78, 5) is 18.6. The quantitative estimate of drug-likeness (QED) is 0.179. The highest BCUT2D eigenvalue weighted by Gasteiger charge is 2.35. The van der Waals surface area contributed by atoms with Crippen LogP contribution in [-0.4, -0.2) is 33.0 Å². The van der Waals surface area contributed by atoms with Crippen LogP contribution in [0.1, 0.15) is 55.5 Å². The number of aromatic nitrogens is 3. The average molecular weight is 584 g/mol. The molecule has 8 nitrogen and oxygen atoms in total. The SMILES string of the molecule is CCCSc1nc2n(n1)C(c1ccc(OCc3cccc(C)c3)c(OCC)c1)C(C(=O)Nc1ccc(C)cc1)=C(C)N2. The molecule has 1 aliphatic rings. The Morgan fingerprint density at radius 3 is 2.52 bits per heavy atom. The van der Waals surface area contributed by atoms with Crippen molar-refractivity contribution in [3.63, 3.8) is 0 Å². The standard InChI is InChI=1S/C33H37N5O3S/c1-6-17-42-33-36-32-34-23(5)29(31(39)35-26-14-11-21(3)12-15-26)30(38(32)37-33)25-13-16-27(28(19-25)40-7-2)41-20-24-10-8-9-22(4)18-24/h8-16,18-19,30H,6-7,17,20H2,1-5H3,(H,35,39)(H,34,36,37). The third-order valence-corrected chi connectivity index (χ3v) is 7.93. The lowest BCUT2D eigenvalue weighted by Gasteiger charge is -2.29. The fraction of sp³-hybridized carbons (Fsp3) is 0.303. The second kappa shape index (κ2) is 13.2. The number of aryl methyl sites for hydroxylation is 2. The molecular formula is C33H37N5O3S. The van der Waals surface area contributed by atoms with E-state index in [9.17, 15) is 4.79 Å². The summed E-state index contributed by atoms with van der Waals surface area (Å²) in [6.07, 6.45) is 1.01. The summed E-state index contributed by atoms with van der Waals surface area (Å²) in [7, 11) is 0. The van der Waals surface area contributed by atoms with Crippen molar-refractivity contribution in [1.29, 1.82) is 0 Å². The number of hydrogen-bond acceptors (Lipinski definition) is 7. The molecule has 2 N–H and O–H groups in total. The lowest BCUT2D eigenvalue weighted by Crippen LogP contribution is -2.31. The molecule has 0 fully saturated rings. The largest absolute Gasteiger partial charge is 0.490 e. The molecule has 218 valence electrons. The smallest absolute Gasteiger partial charge is 0.255 e. The fourth-order valence-corrected chi connectivity index (χ4v) is 5.55. The van der Waals surface area contributed by atoms with E-state index in [1.165, 1.54) is 5.56 Å². The van der Waals surface area contributed by atoms with Crippen LogP contribution in [0, 0.1) is 13.8 Å². The Morgan fingerprint density at radius 1 is 0.976 bits per heavy atom. The first-order valence-electron chi connectivity index (χ1n) is 14.3. The first-order valence-corrected chi connectivity index (χ1v) is 15.2. The van der Waals surface area contributed by atoms with Gasteiger partial charge in [0.25, 0.3) is 5.91 Å². The van der Waals surface area contributed by atoms with Crippen LogP contribution in [0.2, 0.25) is 0 Å². The highest BCUT2D eigenvalue weighted by atomic mass is 32.2. The van der Waals surface area contributed by atoms with E-state index < -0.39 is 6.04 Å². The molecule has 9 heteroatoms. The van der Waals surface area contributed by atoms with Gasteiger partial charge in [0, 0.05) is 17.1 Å². The number of rotatable bonds is 11. The molecule has 3 aromatic carbocycles. The van der Waals surface area contributed by atoms with Gasteiger partial charge in [-0.3, -0.25) is 4.79 Å². The van der Waals surface area contributed by atoms with Gasteiger partial charge in [-0.1, -0.05) is 72.3 Å². The Bertz CT molecular complexity index is 1600. The molecule has 42 heavy (non-hydrogen) atoms. The minimum atomic E-state index is -0.528. The first kappa shape index (κ1) is 29.3. The molecule has 1 aliphatic heterocycles. The van der Waals surface area contributed by atoms with Gasteiger partial charge in [0.2, 0.25) is 11.1 Å². The van der Waals surface area contributed by atoms with Gasteiger partial charge in [-0.25, -0.2) is 4.68 Å². The van der Waals surface area contributed by atoms with E-state index in [4.69, 9.17) is 19.6 Å². The van der Waals surface area contributed by atoms with E-state index in [0.29, 0.717) is 47.1 Å². The number of amides is 1. The fourth-order valence-electron chi connectivity index (χ4n) is 4.87. The number of allylic oxidation sites excluding steroid dienone is 1. The van der Waals surface area contributed by atoms with Crippen molar-refractivity contribution in [1.82, 2.24) is 14.8 Å². The molecule has 0 radical (unpaired) electrons. The molecule has 0 saturated heterocycles. The van der Waals surface area contributed by atoms with Crippen LogP contribution in [-0.2, 0) is 11.4 Å². The maximum absolute atomic E-state index is 13.9. The van der Waals surface area contributed by atoms with E-state index >= 15 is 0 Å². The summed E-state index contributed by atoms with van der Waals surface area (Å²) >= 11 is 1.60. The molecule has 1 aromatic heterocycles. The van der Waals surface area contributed by atoms with Crippen molar-refractivity contribution in [3.8, 4) is 11.5 Å². The van der Waals surface area contributed by atoms with E-state index in [1.54, 1.807) is 16.4 Å². The number of carbonyl (C=O) groups is 1. The highest BCUT2D eigenvalue weighted by Crippen LogP contribution is 2.40. The molecule has 1 unspecified atom stereocenters. The van der Waals surface area contributed by atoms with E-state index in [2.05, 4.69) is 36.6 Å². The second-order valence-corrected chi connectivity index (χ2v) is 11.4. The van der Waals surface area contributed by atoms with Crippen molar-refractivity contribution in [2.45, 2.75) is 58.8 Å². The topological polar surface area (TPSA) is 90.3 Å². The van der Waals surface area contributed by atoms with Crippen molar-refractivity contribution in [2.24, 2.45) is 0 Å². The molecule has 0 spiro atoms. The zero-order valence-electron chi connectivity index (χ0n) is 24.7. The predicted molar refractivity (Wildman–Crippen MR) is 168 cm³/mol. The van der Waals surface area contributed by atoms with Crippen LogP contribution in [0.15, 0.2) is 83.2 Å². The maximum atomic E-state index is 13.9. The number of anilines is 2. The van der Waals surface area contributed by atoms with Crippen molar-refractivity contribution in [3.05, 3.63) is 100 Å². The summed E-state index contributed by atoms with van der Waals surface area (Å²) in [5.41, 5.74) is 6.22. The van der Waals surface area contributed by atoms with Crippen LogP contribution in [0.3, 0.4) is 0 Å². The van der Waals surface area contributed by atoms with Gasteiger partial charge in [0.1, 0.15) is 12.6 Å². The number of ether oxygens (including phenoxy) is 2. The zero-order chi connectivity index (χ0) is 29.6. The Balaban J connectivity index is 1.52. The molecular weight excluding hydrogens is 546 g/mol. The molecule has 0 saturated carbocycles. The Kier molecular flexibility index (Phi) is 9.17. The van der Waals surface area contributed by atoms with Gasteiger partial charge in [-0.2, -0.15) is 4.98 Å². The molecule has 5 rings (SSSR count). The van der Waals surface area contributed by atoms with Crippen LogP contribution < -0.4 is 20.1 Å². The van der Waals surface area contributed by atoms with Crippen LogP contribution in [0.5, 0.6) is 11.5 Å². The van der Waals surface area contributed by atoms with Gasteiger partial charge >= 0.3 is 0 Å². The van der Waals surface area contributed by atoms with Gasteiger partial charge < -0.3 is 20.1 Å². The third kappa shape index (κ3) is 6.62. The summed E-state index contributed by atoms with van der Waals surface area (Å²) in [6, 6.07) is 21.3. The summed E-state index contributed by atoms with van der Waals surface area (Å²) in [6.45, 7) is 10.9. The normalized spacial score (nSPS) is 14.3. The van der Waals surface area contributed by atoms with Crippen LogP contribution in [0.4, 0.5) is 11.6 Å². The molecule has 2 heterocycles. The number of thioether (sulfide) groups is 1. The van der Waals surface area contributed by atoms with Gasteiger partial charge in [0.15, 0.2) is 11.5 Å². The van der Waals surface area contributed by atoms with E-state index in [0.717, 1.165) is 34.6 Å². The lowest BCUT2D eigenvalue weighted by atomic mass is 9.94. The summed E-state index contributed by atoms with van der Waals surface area (Å²) < 4.78 is 14.1. The number of nitrogens with one attached hydrogen (secondary N) is 2. The maximum Gasteiger partial charge on any atom is 0.255 e. The number of fused-ring (bicyclic) bond motifs is 1. The molecule has 1 amide bonds. The molecule has 0 aliphatic carbocycles. The van der Waals surface area contributed by atoms with Crippen molar-refractivity contribution < 1.29 is 14.3 Å². The van der Waals surface area contributed by atoms with Crippen LogP contribution >= 0.6 is 11.8 Å². The minimum absolute atomic E-state index is 0.213. The Labute approximate surface area is 251 Å².